The number of Topliss-reactive ketones (excluding diaryl/α,β-unsaturated/α-hetero) is 1. The molecule has 1 N–H and O–H groups in total. The average molecular weight is 489 g/mol. The molecule has 0 radical (unpaired) electrons. The van der Waals surface area contributed by atoms with E-state index in [0.29, 0.717) is 21.6 Å². The zero-order valence-electron chi connectivity index (χ0n) is 19.0. The molecule has 6 heteroatoms. The quantitative estimate of drug-likeness (QED) is 0.257. The molecule has 4 aromatic rings. The molecule has 0 fully saturated rings. The number of halogens is 1. The predicted molar refractivity (Wildman–Crippen MR) is 141 cm³/mol. The number of benzene rings is 3. The van der Waals surface area contributed by atoms with Gasteiger partial charge in [0, 0.05) is 29.0 Å². The van der Waals surface area contributed by atoms with Crippen molar-refractivity contribution in [3.8, 4) is 21.7 Å². The van der Waals surface area contributed by atoms with E-state index in [9.17, 15) is 9.59 Å². The molecule has 1 heterocycles. The Morgan fingerprint density at radius 2 is 1.56 bits per heavy atom. The first-order valence-corrected chi connectivity index (χ1v) is 12.4. The zero-order valence-corrected chi connectivity index (χ0v) is 20.6. The molecule has 0 aliphatic carbocycles. The monoisotopic (exact) mass is 488 g/mol. The van der Waals surface area contributed by atoms with Gasteiger partial charge in [-0.25, -0.2) is 4.98 Å². The number of carbonyl (C=O) groups excluding carboxylic acids is 2. The van der Waals surface area contributed by atoms with Crippen molar-refractivity contribution in [2.24, 2.45) is 0 Å². The van der Waals surface area contributed by atoms with Crippen LogP contribution in [0.2, 0.25) is 5.02 Å². The fourth-order valence-electron chi connectivity index (χ4n) is 3.57. The van der Waals surface area contributed by atoms with Gasteiger partial charge in [0.05, 0.1) is 10.6 Å². The summed E-state index contributed by atoms with van der Waals surface area (Å²) in [6, 6.07) is 25.0. The minimum Gasteiger partial charge on any atom is -0.302 e. The van der Waals surface area contributed by atoms with E-state index in [-0.39, 0.29) is 24.5 Å². The van der Waals surface area contributed by atoms with Gasteiger partial charge in [-0.1, -0.05) is 104 Å². The molecule has 0 saturated heterocycles. The first kappa shape index (κ1) is 23.9. The number of aromatic nitrogens is 1. The standard InChI is InChI=1S/C28H25ClN2O2S/c1-18(2)19-8-10-20(11-9-19)24(32)16-17-25(33)30-28-31-26(21-6-4-3-5-7-21)27(34-28)22-12-14-23(29)15-13-22/h3-15,18H,16-17H2,1-2H3,(H,30,31,33). The highest BCUT2D eigenvalue weighted by atomic mass is 35.5. The molecule has 3 aromatic carbocycles. The second-order valence-corrected chi connectivity index (χ2v) is 9.75. The fraction of sp³-hybridized carbons (Fsp3) is 0.179. The van der Waals surface area contributed by atoms with E-state index in [1.807, 2.05) is 78.9 Å². The van der Waals surface area contributed by atoms with Crippen LogP contribution in [0.4, 0.5) is 5.13 Å². The summed E-state index contributed by atoms with van der Waals surface area (Å²) in [5.74, 6) is 0.131. The Bertz CT molecular complexity index is 1280. The molecule has 1 amide bonds. The van der Waals surface area contributed by atoms with Gasteiger partial charge in [0.1, 0.15) is 0 Å². The smallest absolute Gasteiger partial charge is 0.226 e. The molecular formula is C28H25ClN2O2S. The summed E-state index contributed by atoms with van der Waals surface area (Å²) in [5, 5.41) is 4.04. The Hall–Kier alpha value is -3.28. The maximum absolute atomic E-state index is 12.6. The van der Waals surface area contributed by atoms with Crippen molar-refractivity contribution in [2.75, 3.05) is 5.32 Å². The average Bonchev–Trinajstić information content (AvgIpc) is 3.27. The second-order valence-electron chi connectivity index (χ2n) is 8.32. The first-order valence-electron chi connectivity index (χ1n) is 11.2. The lowest BCUT2D eigenvalue weighted by Crippen LogP contribution is -2.13. The number of hydrogen-bond donors (Lipinski definition) is 1. The van der Waals surface area contributed by atoms with Gasteiger partial charge in [0.15, 0.2) is 10.9 Å². The highest BCUT2D eigenvalue weighted by Gasteiger charge is 2.17. The van der Waals surface area contributed by atoms with Gasteiger partial charge in [-0.05, 0) is 29.2 Å². The number of carbonyl (C=O) groups is 2. The highest BCUT2D eigenvalue weighted by Crippen LogP contribution is 2.39. The number of amides is 1. The first-order chi connectivity index (χ1) is 16.4. The number of hydrogen-bond acceptors (Lipinski definition) is 4. The molecule has 0 unspecified atom stereocenters. The zero-order chi connectivity index (χ0) is 24.1. The van der Waals surface area contributed by atoms with Crippen molar-refractivity contribution >= 4 is 39.8 Å². The van der Waals surface area contributed by atoms with Crippen LogP contribution < -0.4 is 5.32 Å². The molecular weight excluding hydrogens is 464 g/mol. The second kappa shape index (κ2) is 10.8. The van der Waals surface area contributed by atoms with E-state index in [0.717, 1.165) is 21.7 Å². The van der Waals surface area contributed by atoms with Crippen LogP contribution in [0.5, 0.6) is 0 Å². The largest absolute Gasteiger partial charge is 0.302 e. The summed E-state index contributed by atoms with van der Waals surface area (Å²) in [5.41, 5.74) is 4.54. The Balaban J connectivity index is 1.47. The predicted octanol–water partition coefficient (Wildman–Crippen LogP) is 7.86. The molecule has 34 heavy (non-hydrogen) atoms. The molecule has 0 aliphatic rings. The molecule has 0 aliphatic heterocycles. The van der Waals surface area contributed by atoms with E-state index in [1.165, 1.54) is 16.9 Å². The lowest BCUT2D eigenvalue weighted by atomic mass is 9.99. The van der Waals surface area contributed by atoms with Crippen LogP contribution in [0, 0.1) is 0 Å². The third-order valence-corrected chi connectivity index (χ3v) is 6.78. The van der Waals surface area contributed by atoms with Crippen molar-refractivity contribution in [1.82, 2.24) is 4.98 Å². The lowest BCUT2D eigenvalue weighted by molar-refractivity contribution is -0.116. The van der Waals surface area contributed by atoms with E-state index in [2.05, 4.69) is 19.2 Å². The summed E-state index contributed by atoms with van der Waals surface area (Å²) >= 11 is 7.46. The van der Waals surface area contributed by atoms with E-state index < -0.39 is 0 Å². The summed E-state index contributed by atoms with van der Waals surface area (Å²) in [6.07, 6.45) is 0.245. The van der Waals surface area contributed by atoms with E-state index in [4.69, 9.17) is 16.6 Å². The Kier molecular flexibility index (Phi) is 7.56. The lowest BCUT2D eigenvalue weighted by Gasteiger charge is -2.06. The molecule has 0 saturated carbocycles. The van der Waals surface area contributed by atoms with Gasteiger partial charge in [-0.3, -0.25) is 9.59 Å². The van der Waals surface area contributed by atoms with Crippen LogP contribution in [0.3, 0.4) is 0 Å². The number of rotatable bonds is 8. The molecule has 4 nitrogen and oxygen atoms in total. The fourth-order valence-corrected chi connectivity index (χ4v) is 4.70. The number of nitrogens with one attached hydrogen (secondary N) is 1. The topological polar surface area (TPSA) is 59.1 Å². The van der Waals surface area contributed by atoms with Crippen LogP contribution in [0.25, 0.3) is 21.7 Å². The Labute approximate surface area is 208 Å². The van der Waals surface area contributed by atoms with Crippen LogP contribution in [0.1, 0.15) is 48.5 Å². The third kappa shape index (κ3) is 5.79. The van der Waals surface area contributed by atoms with Crippen LogP contribution in [-0.4, -0.2) is 16.7 Å². The summed E-state index contributed by atoms with van der Waals surface area (Å²) in [7, 11) is 0. The van der Waals surface area contributed by atoms with Crippen LogP contribution in [-0.2, 0) is 4.79 Å². The van der Waals surface area contributed by atoms with Crippen molar-refractivity contribution < 1.29 is 9.59 Å². The van der Waals surface area contributed by atoms with Gasteiger partial charge in [0.2, 0.25) is 5.91 Å². The van der Waals surface area contributed by atoms with Crippen LogP contribution in [0.15, 0.2) is 78.9 Å². The highest BCUT2D eigenvalue weighted by molar-refractivity contribution is 7.19. The van der Waals surface area contributed by atoms with Gasteiger partial charge >= 0.3 is 0 Å². The summed E-state index contributed by atoms with van der Waals surface area (Å²) in [6.45, 7) is 4.22. The van der Waals surface area contributed by atoms with Gasteiger partial charge in [0.25, 0.3) is 0 Å². The van der Waals surface area contributed by atoms with Crippen molar-refractivity contribution in [3.63, 3.8) is 0 Å². The normalized spacial score (nSPS) is 10.9. The molecule has 0 bridgehead atoms. The van der Waals surface area contributed by atoms with Crippen molar-refractivity contribution in [1.29, 1.82) is 0 Å². The molecule has 1 aromatic heterocycles. The molecule has 4 rings (SSSR count). The molecule has 0 atom stereocenters. The number of nitrogens with zero attached hydrogens (tertiary/aromatic N) is 1. The Morgan fingerprint density at radius 1 is 0.882 bits per heavy atom. The van der Waals surface area contributed by atoms with Gasteiger partial charge in [-0.2, -0.15) is 0 Å². The summed E-state index contributed by atoms with van der Waals surface area (Å²) in [4.78, 5) is 30.8. The van der Waals surface area contributed by atoms with E-state index >= 15 is 0 Å². The Morgan fingerprint density at radius 3 is 2.21 bits per heavy atom. The maximum atomic E-state index is 12.6. The third-order valence-electron chi connectivity index (χ3n) is 5.51. The van der Waals surface area contributed by atoms with E-state index in [1.54, 1.807) is 0 Å². The number of ketones is 1. The van der Waals surface area contributed by atoms with Crippen molar-refractivity contribution in [3.05, 3.63) is 95.0 Å². The maximum Gasteiger partial charge on any atom is 0.226 e. The minimum absolute atomic E-state index is 0.0450. The number of thiazole rings is 1. The van der Waals surface area contributed by atoms with Gasteiger partial charge < -0.3 is 5.32 Å². The summed E-state index contributed by atoms with van der Waals surface area (Å²) < 4.78 is 0. The van der Waals surface area contributed by atoms with Crippen molar-refractivity contribution in [2.45, 2.75) is 32.6 Å². The van der Waals surface area contributed by atoms with Gasteiger partial charge in [-0.15, -0.1) is 0 Å². The molecule has 0 spiro atoms. The van der Waals surface area contributed by atoms with Crippen LogP contribution >= 0.6 is 22.9 Å². The SMILES string of the molecule is CC(C)c1ccc(C(=O)CCC(=O)Nc2nc(-c3ccccc3)c(-c3ccc(Cl)cc3)s2)cc1. The number of anilines is 1. The molecule has 172 valence electrons. The minimum atomic E-state index is -0.233.